The number of benzene rings is 2. The first-order valence-corrected chi connectivity index (χ1v) is 8.85. The van der Waals surface area contributed by atoms with Crippen LogP contribution in [0.5, 0.6) is 0 Å². The number of para-hydroxylation sites is 1. The fraction of sp³-hybridized carbons (Fsp3) is 0.211. The van der Waals surface area contributed by atoms with Gasteiger partial charge in [0.25, 0.3) is 0 Å². The molecule has 0 spiro atoms. The number of hydrogen-bond donors (Lipinski definition) is 0. The largest absolute Gasteiger partial charge is 0.309 e. The van der Waals surface area contributed by atoms with Crippen LogP contribution in [0.25, 0.3) is 10.8 Å². The summed E-state index contributed by atoms with van der Waals surface area (Å²) in [7, 11) is 0. The van der Waals surface area contributed by atoms with E-state index in [2.05, 4.69) is 10.2 Å². The number of fused-ring (bicyclic) bond motifs is 1. The molecule has 5 heteroatoms. The molecule has 0 unspecified atom stereocenters. The Labute approximate surface area is 145 Å². The molecule has 0 atom stereocenters. The molecule has 4 nitrogen and oxygen atoms in total. The fourth-order valence-electron chi connectivity index (χ4n) is 2.63. The Morgan fingerprint density at radius 2 is 1.79 bits per heavy atom. The number of carbonyl (C=O) groups excluding carboxylic acids is 1. The van der Waals surface area contributed by atoms with Gasteiger partial charge in [0.15, 0.2) is 0 Å². The van der Waals surface area contributed by atoms with Crippen molar-refractivity contribution in [1.82, 2.24) is 10.2 Å². The van der Waals surface area contributed by atoms with Gasteiger partial charge in [0.1, 0.15) is 5.03 Å². The molecule has 0 fully saturated rings. The number of aromatic nitrogens is 2. The molecule has 1 aromatic heterocycles. The fourth-order valence-corrected chi connectivity index (χ4v) is 3.47. The summed E-state index contributed by atoms with van der Waals surface area (Å²) < 4.78 is 0. The molecule has 24 heavy (non-hydrogen) atoms. The van der Waals surface area contributed by atoms with Gasteiger partial charge in [-0.3, -0.25) is 4.79 Å². The van der Waals surface area contributed by atoms with Gasteiger partial charge in [-0.2, -0.15) is 5.10 Å². The van der Waals surface area contributed by atoms with E-state index in [-0.39, 0.29) is 11.9 Å². The van der Waals surface area contributed by atoms with Crippen LogP contribution in [0.3, 0.4) is 0 Å². The van der Waals surface area contributed by atoms with Crippen molar-refractivity contribution in [2.45, 2.75) is 24.9 Å². The van der Waals surface area contributed by atoms with Crippen molar-refractivity contribution in [3.8, 4) is 0 Å². The average Bonchev–Trinajstić information content (AvgIpc) is 2.60. The van der Waals surface area contributed by atoms with Gasteiger partial charge in [0.05, 0.1) is 11.9 Å². The van der Waals surface area contributed by atoms with Crippen LogP contribution < -0.4 is 4.90 Å². The van der Waals surface area contributed by atoms with Crippen LogP contribution in [0.2, 0.25) is 0 Å². The second-order valence-corrected chi connectivity index (χ2v) is 6.68. The van der Waals surface area contributed by atoms with E-state index in [1.807, 2.05) is 73.3 Å². The predicted molar refractivity (Wildman–Crippen MR) is 99.3 cm³/mol. The smallest absolute Gasteiger partial charge is 0.237 e. The molecule has 122 valence electrons. The van der Waals surface area contributed by atoms with E-state index in [9.17, 15) is 4.79 Å². The third kappa shape index (κ3) is 3.57. The number of thioether (sulfide) groups is 1. The third-order valence-electron chi connectivity index (χ3n) is 3.69. The zero-order valence-corrected chi connectivity index (χ0v) is 14.5. The van der Waals surface area contributed by atoms with E-state index in [4.69, 9.17) is 0 Å². The number of hydrogen-bond acceptors (Lipinski definition) is 4. The molecule has 2 aromatic carbocycles. The van der Waals surface area contributed by atoms with Gasteiger partial charge in [-0.05, 0) is 26.0 Å². The molecule has 3 rings (SSSR count). The third-order valence-corrected chi connectivity index (χ3v) is 4.65. The maximum absolute atomic E-state index is 12.8. The molecule has 0 saturated heterocycles. The minimum atomic E-state index is 0.0657. The SMILES string of the molecule is CC(C)N(C(=O)CSc1nncc2ccccc12)c1ccccc1. The van der Waals surface area contributed by atoms with Gasteiger partial charge in [0, 0.05) is 22.5 Å². The van der Waals surface area contributed by atoms with E-state index >= 15 is 0 Å². The molecule has 1 amide bonds. The summed E-state index contributed by atoms with van der Waals surface area (Å²) in [5, 5.41) is 11.1. The summed E-state index contributed by atoms with van der Waals surface area (Å²) in [6, 6.07) is 17.8. The molecule has 0 bridgehead atoms. The minimum Gasteiger partial charge on any atom is -0.309 e. The molecule has 0 N–H and O–H groups in total. The molecular formula is C19H19N3OS. The quantitative estimate of drug-likeness (QED) is 0.656. The summed E-state index contributed by atoms with van der Waals surface area (Å²) in [6.45, 7) is 4.04. The average molecular weight is 337 g/mol. The van der Waals surface area contributed by atoms with Crippen LogP contribution in [0.15, 0.2) is 65.8 Å². The second kappa shape index (κ2) is 7.45. The topological polar surface area (TPSA) is 46.1 Å². The van der Waals surface area contributed by atoms with E-state index in [0.29, 0.717) is 5.75 Å². The van der Waals surface area contributed by atoms with Crippen LogP contribution in [-0.4, -0.2) is 27.9 Å². The first-order valence-electron chi connectivity index (χ1n) is 7.87. The van der Waals surface area contributed by atoms with Crippen molar-refractivity contribution >= 4 is 34.1 Å². The predicted octanol–water partition coefficient (Wildman–Crippen LogP) is 4.16. The number of anilines is 1. The lowest BCUT2D eigenvalue weighted by atomic mass is 10.2. The summed E-state index contributed by atoms with van der Waals surface area (Å²) in [6.07, 6.45) is 1.74. The molecular weight excluding hydrogens is 318 g/mol. The maximum atomic E-state index is 12.8. The first-order chi connectivity index (χ1) is 11.7. The highest BCUT2D eigenvalue weighted by molar-refractivity contribution is 8.00. The van der Waals surface area contributed by atoms with Crippen molar-refractivity contribution in [3.63, 3.8) is 0 Å². The lowest BCUT2D eigenvalue weighted by Crippen LogP contribution is -2.38. The zero-order chi connectivity index (χ0) is 16.9. The van der Waals surface area contributed by atoms with Crippen molar-refractivity contribution in [3.05, 3.63) is 60.8 Å². The maximum Gasteiger partial charge on any atom is 0.237 e. The Morgan fingerprint density at radius 3 is 2.54 bits per heavy atom. The van der Waals surface area contributed by atoms with Crippen molar-refractivity contribution in [2.24, 2.45) is 0 Å². The van der Waals surface area contributed by atoms with Crippen LogP contribution >= 0.6 is 11.8 Å². The molecule has 0 radical (unpaired) electrons. The van der Waals surface area contributed by atoms with E-state index in [0.717, 1.165) is 21.5 Å². The Morgan fingerprint density at radius 1 is 1.08 bits per heavy atom. The van der Waals surface area contributed by atoms with E-state index in [1.54, 1.807) is 6.20 Å². The number of nitrogens with zero attached hydrogens (tertiary/aromatic N) is 3. The van der Waals surface area contributed by atoms with Gasteiger partial charge < -0.3 is 4.90 Å². The molecule has 0 aliphatic heterocycles. The molecule has 0 aliphatic rings. The first kappa shape index (κ1) is 16.5. The Kier molecular flexibility index (Phi) is 5.11. The zero-order valence-electron chi connectivity index (χ0n) is 13.7. The highest BCUT2D eigenvalue weighted by Gasteiger charge is 2.19. The highest BCUT2D eigenvalue weighted by Crippen LogP contribution is 2.26. The van der Waals surface area contributed by atoms with Gasteiger partial charge in [-0.25, -0.2) is 0 Å². The number of rotatable bonds is 5. The van der Waals surface area contributed by atoms with Crippen molar-refractivity contribution < 1.29 is 4.79 Å². The normalized spacial score (nSPS) is 11.0. The second-order valence-electron chi connectivity index (χ2n) is 5.72. The van der Waals surface area contributed by atoms with Gasteiger partial charge >= 0.3 is 0 Å². The van der Waals surface area contributed by atoms with Crippen LogP contribution in [0.1, 0.15) is 13.8 Å². The Hall–Kier alpha value is -2.40. The summed E-state index contributed by atoms with van der Waals surface area (Å²) >= 11 is 1.43. The number of carbonyl (C=O) groups is 1. The van der Waals surface area contributed by atoms with Gasteiger partial charge in [-0.15, -0.1) is 5.10 Å². The molecule has 3 aromatic rings. The summed E-state index contributed by atoms with van der Waals surface area (Å²) in [5.41, 5.74) is 0.919. The highest BCUT2D eigenvalue weighted by atomic mass is 32.2. The van der Waals surface area contributed by atoms with Crippen LogP contribution in [0.4, 0.5) is 5.69 Å². The van der Waals surface area contributed by atoms with Crippen molar-refractivity contribution in [1.29, 1.82) is 0 Å². The molecule has 0 saturated carbocycles. The van der Waals surface area contributed by atoms with E-state index < -0.39 is 0 Å². The Balaban J connectivity index is 1.78. The van der Waals surface area contributed by atoms with Gasteiger partial charge in [0.2, 0.25) is 5.91 Å². The number of amides is 1. The lowest BCUT2D eigenvalue weighted by Gasteiger charge is -2.26. The molecule has 0 aliphatic carbocycles. The lowest BCUT2D eigenvalue weighted by molar-refractivity contribution is -0.116. The van der Waals surface area contributed by atoms with Crippen LogP contribution in [0, 0.1) is 0 Å². The Bertz CT molecular complexity index is 831. The summed E-state index contributed by atoms with van der Waals surface area (Å²) in [4.78, 5) is 14.6. The standard InChI is InChI=1S/C19H19N3OS/c1-14(2)22(16-9-4-3-5-10-16)18(23)13-24-19-17-11-7-6-8-15(17)12-20-21-19/h3-12,14H,13H2,1-2H3. The van der Waals surface area contributed by atoms with Crippen molar-refractivity contribution in [2.75, 3.05) is 10.7 Å². The monoisotopic (exact) mass is 337 g/mol. The molecule has 1 heterocycles. The summed E-state index contributed by atoms with van der Waals surface area (Å²) in [5.74, 6) is 0.395. The minimum absolute atomic E-state index is 0.0657. The van der Waals surface area contributed by atoms with Gasteiger partial charge in [-0.1, -0.05) is 54.2 Å². The van der Waals surface area contributed by atoms with E-state index in [1.165, 1.54) is 11.8 Å². The van der Waals surface area contributed by atoms with Crippen LogP contribution in [-0.2, 0) is 4.79 Å².